The van der Waals surface area contributed by atoms with Gasteiger partial charge in [-0.1, -0.05) is 30.3 Å². The number of aromatic nitrogens is 2. The molecule has 0 unspecified atom stereocenters. The lowest BCUT2D eigenvalue weighted by molar-refractivity contribution is -0.625. The van der Waals surface area contributed by atoms with Gasteiger partial charge < -0.3 is 31.6 Å². The molecular weight excluding hydrogens is 702 g/mol. The van der Waals surface area contributed by atoms with E-state index in [1.54, 1.807) is 30.3 Å². The first kappa shape index (κ1) is 35.6. The van der Waals surface area contributed by atoms with Gasteiger partial charge in [0, 0.05) is 45.0 Å². The van der Waals surface area contributed by atoms with Crippen LogP contribution in [-0.2, 0) is 46.0 Å². The van der Waals surface area contributed by atoms with Crippen molar-refractivity contribution in [2.75, 3.05) is 11.5 Å². The summed E-state index contributed by atoms with van der Waals surface area (Å²) in [7, 11) is 0. The fourth-order valence-electron chi connectivity index (χ4n) is 6.42. The van der Waals surface area contributed by atoms with Crippen molar-refractivity contribution < 1.29 is 47.7 Å². The number of fused-ring (bicyclic) bond motifs is 3. The molecule has 5 atom stereocenters. The molecule has 1 aromatic heterocycles. The van der Waals surface area contributed by atoms with Crippen molar-refractivity contribution in [1.29, 1.82) is 0 Å². The van der Waals surface area contributed by atoms with E-state index in [4.69, 9.17) is 31.6 Å². The van der Waals surface area contributed by atoms with Crippen molar-refractivity contribution >= 4 is 53.5 Å². The third kappa shape index (κ3) is 6.51. The first-order valence-corrected chi connectivity index (χ1v) is 16.1. The molecule has 18 heteroatoms. The third-order valence-electron chi connectivity index (χ3n) is 8.44. The molecule has 268 valence electrons. The van der Waals surface area contributed by atoms with Gasteiger partial charge >= 0.3 is 29.4 Å². The summed E-state index contributed by atoms with van der Waals surface area (Å²) in [6, 6.07) is 18.1. The molecule has 0 spiro atoms. The first-order valence-electron chi connectivity index (χ1n) is 15.7. The van der Waals surface area contributed by atoms with E-state index >= 15 is 0 Å². The Kier molecular flexibility index (Phi) is 9.68. The van der Waals surface area contributed by atoms with Crippen LogP contribution < -0.4 is 15.0 Å². The summed E-state index contributed by atoms with van der Waals surface area (Å²) in [6.07, 6.45) is -5.21. The minimum Gasteiger partial charge on any atom is -0.744 e. The summed E-state index contributed by atoms with van der Waals surface area (Å²) >= 11 is 6.00. The molecule has 0 saturated carbocycles. The Hall–Kier alpha value is -6.27. The minimum absolute atomic E-state index is 0.0106. The number of ether oxygens (including phenoxy) is 4. The van der Waals surface area contributed by atoms with Gasteiger partial charge in [-0.25, -0.2) is 9.47 Å². The van der Waals surface area contributed by atoms with Gasteiger partial charge in [-0.3, -0.25) is 39.4 Å². The fraction of sp³-hybridized carbons (Fsp3) is 0.265. The van der Waals surface area contributed by atoms with Gasteiger partial charge in [-0.15, -0.1) is 0 Å². The number of anilines is 2. The van der Waals surface area contributed by atoms with Crippen LogP contribution in [0.2, 0.25) is 0 Å². The quantitative estimate of drug-likeness (QED) is 0.0437. The molecule has 17 nitrogen and oxygen atoms in total. The summed E-state index contributed by atoms with van der Waals surface area (Å²) in [5, 5.41) is 23.1. The van der Waals surface area contributed by atoms with Gasteiger partial charge in [0.15, 0.2) is 18.2 Å². The lowest BCUT2D eigenvalue weighted by atomic mass is 10.0. The number of carbonyl (C=O) groups excluding carboxylic acids is 3. The van der Waals surface area contributed by atoms with E-state index in [1.165, 1.54) is 62.6 Å². The molecule has 0 amide bonds. The number of carbonyl (C=O) groups is 3. The van der Waals surface area contributed by atoms with Crippen LogP contribution in [0.4, 0.5) is 23.0 Å². The fourth-order valence-corrected chi connectivity index (χ4v) is 6.82. The van der Waals surface area contributed by atoms with Crippen LogP contribution in [0.5, 0.6) is 0 Å². The SMILES string of the molecule is CC(=O)OC[C@@H](OC(C)=O)[C@H]1O[C@H]2[C@@H]([C@H]1OC(C)=O)n1c([n+](-c3ccc([N+](=O)[O-])cc3)c([S-])c(-c3ccccc3)c1=O)N2c1ccc([N+](=O)[O-])cc1. The lowest BCUT2D eigenvalue weighted by Crippen LogP contribution is -2.49. The number of nitrogens with zero attached hydrogens (tertiary/aromatic N) is 5. The van der Waals surface area contributed by atoms with Gasteiger partial charge in [-0.05, 0) is 34.9 Å². The van der Waals surface area contributed by atoms with Crippen molar-refractivity contribution in [1.82, 2.24) is 4.57 Å². The smallest absolute Gasteiger partial charge is 0.374 e. The van der Waals surface area contributed by atoms with Gasteiger partial charge in [0.05, 0.1) is 15.4 Å². The molecule has 2 aliphatic heterocycles. The van der Waals surface area contributed by atoms with Crippen LogP contribution in [0.15, 0.2) is 88.7 Å². The molecule has 2 aliphatic rings. The van der Waals surface area contributed by atoms with E-state index in [0.29, 0.717) is 11.3 Å². The topological polar surface area (TPSA) is 204 Å². The van der Waals surface area contributed by atoms with Crippen molar-refractivity contribution in [2.45, 2.75) is 56.4 Å². The Morgan fingerprint density at radius 2 is 1.48 bits per heavy atom. The highest BCUT2D eigenvalue weighted by molar-refractivity contribution is 7.58. The summed E-state index contributed by atoms with van der Waals surface area (Å²) in [6.45, 7) is 2.94. The van der Waals surface area contributed by atoms with E-state index in [1.807, 2.05) is 0 Å². The van der Waals surface area contributed by atoms with Crippen LogP contribution in [0.3, 0.4) is 0 Å². The summed E-state index contributed by atoms with van der Waals surface area (Å²) in [5.74, 6) is -2.17. The maximum Gasteiger partial charge on any atom is 0.374 e. The highest BCUT2D eigenvalue weighted by atomic mass is 32.1. The standard InChI is InChI=1S/C34H29N5O12S/c1-18(40)48-17-26(49-19(2)41)29-30(50-20(3)42)28-32(51-29)35(22-9-13-24(14-10-22)38(44)45)34-36(23-11-15-25(16-12-23)39(46)47)33(52)27(31(43)37(28)34)21-7-5-4-6-8-21/h4-16,26,28-30,32H,17H2,1-3H3/t26-,28-,29-,30-,32+/m1/s1. The summed E-state index contributed by atoms with van der Waals surface area (Å²) in [5.41, 5.74) is -0.00843. The molecular formula is C34H29N5O12S. The maximum atomic E-state index is 14.9. The number of nitro groups is 2. The number of non-ortho nitro benzene ring substituents is 2. The Labute approximate surface area is 299 Å². The molecule has 52 heavy (non-hydrogen) atoms. The second kappa shape index (κ2) is 14.2. The summed E-state index contributed by atoms with van der Waals surface area (Å²) < 4.78 is 25.9. The zero-order valence-corrected chi connectivity index (χ0v) is 28.5. The molecule has 0 aliphatic carbocycles. The monoisotopic (exact) mass is 731 g/mol. The molecule has 1 fully saturated rings. The minimum atomic E-state index is -1.35. The van der Waals surface area contributed by atoms with Gasteiger partial charge in [-0.2, -0.15) is 4.57 Å². The average molecular weight is 732 g/mol. The largest absolute Gasteiger partial charge is 0.744 e. The third-order valence-corrected chi connectivity index (χ3v) is 8.83. The van der Waals surface area contributed by atoms with E-state index < -0.39 is 70.5 Å². The number of hydrogen-bond donors (Lipinski definition) is 0. The zero-order valence-electron chi connectivity index (χ0n) is 27.6. The summed E-state index contributed by atoms with van der Waals surface area (Å²) in [4.78, 5) is 75.2. The van der Waals surface area contributed by atoms with Gasteiger partial charge in [0.25, 0.3) is 11.4 Å². The highest BCUT2D eigenvalue weighted by Gasteiger charge is 2.64. The van der Waals surface area contributed by atoms with Crippen LogP contribution in [-0.4, -0.2) is 63.5 Å². The number of benzene rings is 3. The molecule has 1 saturated heterocycles. The Bertz CT molecular complexity index is 2140. The van der Waals surface area contributed by atoms with E-state index in [9.17, 15) is 39.4 Å². The number of esters is 3. The normalized spacial score (nSPS) is 19.2. The Balaban J connectivity index is 1.68. The van der Waals surface area contributed by atoms with Gasteiger partial charge in [0.2, 0.25) is 6.23 Å². The number of nitro benzene ring substituents is 2. The second-order valence-electron chi connectivity index (χ2n) is 11.8. The maximum absolute atomic E-state index is 14.9. The van der Waals surface area contributed by atoms with Crippen LogP contribution in [0.1, 0.15) is 26.8 Å². The molecule has 0 radical (unpaired) electrons. The van der Waals surface area contributed by atoms with Gasteiger partial charge in [0.1, 0.15) is 24.1 Å². The molecule has 0 bridgehead atoms. The van der Waals surface area contributed by atoms with Crippen molar-refractivity contribution in [2.24, 2.45) is 0 Å². The van der Waals surface area contributed by atoms with E-state index in [0.717, 1.165) is 20.8 Å². The van der Waals surface area contributed by atoms with E-state index in [2.05, 4.69) is 0 Å². The average Bonchev–Trinajstić information content (AvgIpc) is 3.61. The van der Waals surface area contributed by atoms with Crippen LogP contribution >= 0.6 is 0 Å². The highest BCUT2D eigenvalue weighted by Crippen LogP contribution is 2.48. The van der Waals surface area contributed by atoms with Crippen molar-refractivity contribution in [3.8, 4) is 16.8 Å². The first-order chi connectivity index (χ1) is 24.8. The van der Waals surface area contributed by atoms with Crippen LogP contribution in [0, 0.1) is 20.2 Å². The molecule has 3 heterocycles. The lowest BCUT2D eigenvalue weighted by Gasteiger charge is -2.29. The van der Waals surface area contributed by atoms with E-state index in [-0.39, 0.29) is 33.6 Å². The molecule has 3 aromatic carbocycles. The predicted octanol–water partition coefficient (Wildman–Crippen LogP) is 3.36. The Morgan fingerprint density at radius 3 is 2.02 bits per heavy atom. The number of hydrogen-bond acceptors (Lipinski definition) is 14. The van der Waals surface area contributed by atoms with Crippen molar-refractivity contribution in [3.05, 3.63) is 109 Å². The zero-order chi connectivity index (χ0) is 37.4. The molecule has 0 N–H and O–H groups in total. The molecule has 4 aromatic rings. The predicted molar refractivity (Wildman–Crippen MR) is 181 cm³/mol. The van der Waals surface area contributed by atoms with Crippen LogP contribution in [0.25, 0.3) is 16.8 Å². The van der Waals surface area contributed by atoms with Crippen molar-refractivity contribution in [3.63, 3.8) is 0 Å². The molecule has 6 rings (SSSR count). The Morgan fingerprint density at radius 1 is 0.885 bits per heavy atom. The number of rotatable bonds is 10. The second-order valence-corrected chi connectivity index (χ2v) is 12.2.